The van der Waals surface area contributed by atoms with E-state index in [1.165, 1.54) is 25.3 Å². The Balaban J connectivity index is 1.54. The van der Waals surface area contributed by atoms with Crippen LogP contribution in [-0.2, 0) is 6.42 Å². The molecule has 2 aromatic carbocycles. The van der Waals surface area contributed by atoms with Crippen LogP contribution in [-0.4, -0.2) is 39.9 Å². The molecular formula is C24H28F2N4O3. The van der Waals surface area contributed by atoms with Gasteiger partial charge in [0.1, 0.15) is 23.2 Å². The molecule has 1 fully saturated rings. The number of aromatic amines is 1. The molecule has 4 rings (SSSR count). The van der Waals surface area contributed by atoms with Crippen molar-refractivity contribution in [2.75, 3.05) is 7.11 Å². The summed E-state index contributed by atoms with van der Waals surface area (Å²) in [6, 6.07) is 7.56. The Morgan fingerprint density at radius 3 is 2.73 bits per heavy atom. The number of H-pyrrole nitrogens is 1. The van der Waals surface area contributed by atoms with Crippen LogP contribution in [0.1, 0.15) is 50.0 Å². The van der Waals surface area contributed by atoms with Gasteiger partial charge in [0.05, 0.1) is 29.8 Å². The zero-order valence-corrected chi connectivity index (χ0v) is 18.6. The van der Waals surface area contributed by atoms with Crippen molar-refractivity contribution in [2.24, 2.45) is 0 Å². The number of amides is 2. The van der Waals surface area contributed by atoms with Crippen LogP contribution in [0.5, 0.6) is 5.75 Å². The standard InChI is InChI=1S/C24H28F2N4O3/c1-24(32)9-7-16(8-10-24)27-23(31)30-21(11-14-3-5-17(33-2)13-18(14)26)22-28-19-6-4-15(25)12-20(19)29-22/h3-6,12-13,16,21,32H,7-11H2,1-2H3,(H,28,29)(H2,27,30,31)/t16-,21-,24+/m1/s1. The molecule has 0 bridgehead atoms. The molecule has 176 valence electrons. The topological polar surface area (TPSA) is 99.3 Å². The summed E-state index contributed by atoms with van der Waals surface area (Å²) in [5, 5.41) is 15.9. The lowest BCUT2D eigenvalue weighted by Crippen LogP contribution is -2.47. The molecule has 4 N–H and O–H groups in total. The average molecular weight is 459 g/mol. The normalized spacial score (nSPS) is 21.5. The van der Waals surface area contributed by atoms with Crippen molar-refractivity contribution in [3.63, 3.8) is 0 Å². The molecule has 2 amide bonds. The molecule has 0 saturated heterocycles. The summed E-state index contributed by atoms with van der Waals surface area (Å²) in [5.41, 5.74) is 0.707. The molecule has 0 aliphatic heterocycles. The smallest absolute Gasteiger partial charge is 0.315 e. The molecule has 0 spiro atoms. The minimum absolute atomic E-state index is 0.0617. The number of ether oxygens (including phenoxy) is 1. The fraction of sp³-hybridized carbons (Fsp3) is 0.417. The Kier molecular flexibility index (Phi) is 6.51. The molecule has 9 heteroatoms. The summed E-state index contributed by atoms with van der Waals surface area (Å²) in [7, 11) is 1.46. The monoisotopic (exact) mass is 458 g/mol. The first-order valence-corrected chi connectivity index (χ1v) is 11.0. The van der Waals surface area contributed by atoms with Crippen molar-refractivity contribution in [3.05, 3.63) is 59.4 Å². The van der Waals surface area contributed by atoms with Gasteiger partial charge >= 0.3 is 6.03 Å². The van der Waals surface area contributed by atoms with Gasteiger partial charge in [-0.15, -0.1) is 0 Å². The van der Waals surface area contributed by atoms with Crippen LogP contribution in [0.4, 0.5) is 13.6 Å². The third kappa shape index (κ3) is 5.60. The number of aromatic nitrogens is 2. The summed E-state index contributed by atoms with van der Waals surface area (Å²) < 4.78 is 33.3. The highest BCUT2D eigenvalue weighted by Crippen LogP contribution is 2.28. The Bertz CT molecular complexity index is 1140. The molecule has 0 radical (unpaired) electrons. The molecule has 1 heterocycles. The first-order valence-electron chi connectivity index (χ1n) is 11.0. The van der Waals surface area contributed by atoms with E-state index in [0.717, 1.165) is 0 Å². The van der Waals surface area contributed by atoms with Gasteiger partial charge in [0.15, 0.2) is 0 Å². The third-order valence-electron chi connectivity index (χ3n) is 6.18. The quantitative estimate of drug-likeness (QED) is 0.446. The van der Waals surface area contributed by atoms with Crippen LogP contribution in [0.3, 0.4) is 0 Å². The Morgan fingerprint density at radius 2 is 2.03 bits per heavy atom. The van der Waals surface area contributed by atoms with Crippen LogP contribution in [0.25, 0.3) is 11.0 Å². The fourth-order valence-corrected chi connectivity index (χ4v) is 4.19. The maximum absolute atomic E-state index is 14.6. The first-order chi connectivity index (χ1) is 15.7. The van der Waals surface area contributed by atoms with Gasteiger partial charge in [0, 0.05) is 18.5 Å². The van der Waals surface area contributed by atoms with Crippen molar-refractivity contribution in [2.45, 2.75) is 56.7 Å². The average Bonchev–Trinajstić information content (AvgIpc) is 3.19. The van der Waals surface area contributed by atoms with E-state index >= 15 is 0 Å². The summed E-state index contributed by atoms with van der Waals surface area (Å²) in [5.74, 6) is -0.0778. The van der Waals surface area contributed by atoms with Crippen molar-refractivity contribution in [1.82, 2.24) is 20.6 Å². The highest BCUT2D eigenvalue weighted by molar-refractivity contribution is 5.76. The van der Waals surface area contributed by atoms with Crippen LogP contribution < -0.4 is 15.4 Å². The highest BCUT2D eigenvalue weighted by Gasteiger charge is 2.30. The number of rotatable bonds is 6. The molecule has 1 aromatic heterocycles. The number of nitrogens with zero attached hydrogens (tertiary/aromatic N) is 1. The second-order valence-electron chi connectivity index (χ2n) is 8.89. The van der Waals surface area contributed by atoms with E-state index in [9.17, 15) is 18.7 Å². The summed E-state index contributed by atoms with van der Waals surface area (Å²) in [6.45, 7) is 1.80. The van der Waals surface area contributed by atoms with Crippen molar-refractivity contribution >= 4 is 17.1 Å². The maximum Gasteiger partial charge on any atom is 0.315 e. The number of halogens is 2. The SMILES string of the molecule is COc1ccc(C[C@@H](NC(=O)N[C@H]2CC[C@@](C)(O)CC2)c2nc3ccc(F)cc3[nH]2)c(F)c1. The van der Waals surface area contributed by atoms with E-state index in [-0.39, 0.29) is 12.5 Å². The fourth-order valence-electron chi connectivity index (χ4n) is 4.19. The second-order valence-corrected chi connectivity index (χ2v) is 8.89. The molecule has 1 aliphatic carbocycles. The number of aliphatic hydroxyl groups is 1. The van der Waals surface area contributed by atoms with Crippen LogP contribution in [0.15, 0.2) is 36.4 Å². The molecule has 0 unspecified atom stereocenters. The van der Waals surface area contributed by atoms with E-state index in [0.29, 0.717) is 53.9 Å². The molecule has 7 nitrogen and oxygen atoms in total. The van der Waals surface area contributed by atoms with Gasteiger partial charge < -0.3 is 25.5 Å². The number of benzene rings is 2. The van der Waals surface area contributed by atoms with Gasteiger partial charge in [-0.2, -0.15) is 0 Å². The number of carbonyl (C=O) groups excluding carboxylic acids is 1. The molecular weight excluding hydrogens is 430 g/mol. The van der Waals surface area contributed by atoms with Gasteiger partial charge in [0.25, 0.3) is 0 Å². The summed E-state index contributed by atoms with van der Waals surface area (Å²) in [4.78, 5) is 20.3. The lowest BCUT2D eigenvalue weighted by Gasteiger charge is -2.33. The number of urea groups is 1. The number of hydrogen-bond donors (Lipinski definition) is 4. The van der Waals surface area contributed by atoms with Gasteiger partial charge in [-0.3, -0.25) is 0 Å². The molecule has 3 aromatic rings. The highest BCUT2D eigenvalue weighted by atomic mass is 19.1. The predicted octanol–water partition coefficient (Wildman–Crippen LogP) is 4.13. The van der Waals surface area contributed by atoms with E-state index in [1.807, 2.05) is 0 Å². The largest absolute Gasteiger partial charge is 0.497 e. The molecule has 1 saturated carbocycles. The zero-order chi connectivity index (χ0) is 23.6. The number of imidazole rings is 1. The van der Waals surface area contributed by atoms with Gasteiger partial charge in [-0.1, -0.05) is 6.07 Å². The van der Waals surface area contributed by atoms with E-state index in [2.05, 4.69) is 20.6 Å². The first kappa shape index (κ1) is 23.0. The van der Waals surface area contributed by atoms with Crippen molar-refractivity contribution in [3.8, 4) is 5.75 Å². The molecule has 1 aliphatic rings. The predicted molar refractivity (Wildman–Crippen MR) is 120 cm³/mol. The van der Waals surface area contributed by atoms with Crippen molar-refractivity contribution < 1.29 is 23.4 Å². The number of carbonyl (C=O) groups is 1. The van der Waals surface area contributed by atoms with E-state index in [4.69, 9.17) is 4.74 Å². The van der Waals surface area contributed by atoms with Gasteiger partial charge in [-0.05, 0) is 62.4 Å². The Morgan fingerprint density at radius 1 is 1.27 bits per heavy atom. The third-order valence-corrected chi connectivity index (χ3v) is 6.18. The minimum Gasteiger partial charge on any atom is -0.497 e. The number of fused-ring (bicyclic) bond motifs is 1. The Hall–Kier alpha value is -3.20. The number of methoxy groups -OCH3 is 1. The minimum atomic E-state index is -0.702. The second kappa shape index (κ2) is 9.35. The van der Waals surface area contributed by atoms with Crippen LogP contribution in [0.2, 0.25) is 0 Å². The maximum atomic E-state index is 14.6. The van der Waals surface area contributed by atoms with Gasteiger partial charge in [0.2, 0.25) is 0 Å². The molecule has 1 atom stereocenters. The van der Waals surface area contributed by atoms with Crippen LogP contribution in [0, 0.1) is 11.6 Å². The Labute approximate surface area is 190 Å². The van der Waals surface area contributed by atoms with Gasteiger partial charge in [-0.25, -0.2) is 18.6 Å². The summed E-state index contributed by atoms with van der Waals surface area (Å²) >= 11 is 0. The lowest BCUT2D eigenvalue weighted by atomic mass is 9.84. The molecule has 33 heavy (non-hydrogen) atoms. The van der Waals surface area contributed by atoms with E-state index < -0.39 is 29.3 Å². The number of hydrogen-bond acceptors (Lipinski definition) is 4. The zero-order valence-electron chi connectivity index (χ0n) is 18.6. The van der Waals surface area contributed by atoms with Crippen molar-refractivity contribution in [1.29, 1.82) is 0 Å². The summed E-state index contributed by atoms with van der Waals surface area (Å²) in [6.07, 6.45) is 2.68. The van der Waals surface area contributed by atoms with Crippen LogP contribution >= 0.6 is 0 Å². The lowest BCUT2D eigenvalue weighted by molar-refractivity contribution is 0.0151. The number of nitrogens with one attached hydrogen (secondary N) is 3. The van der Waals surface area contributed by atoms with E-state index in [1.54, 1.807) is 25.1 Å².